The Bertz CT molecular complexity index is 563. The van der Waals surface area contributed by atoms with Crippen molar-refractivity contribution in [3.63, 3.8) is 0 Å². The predicted octanol–water partition coefficient (Wildman–Crippen LogP) is 1.42. The molecule has 0 bridgehead atoms. The van der Waals surface area contributed by atoms with E-state index in [0.717, 1.165) is 12.7 Å². The van der Waals surface area contributed by atoms with E-state index in [-0.39, 0.29) is 12.2 Å². The van der Waals surface area contributed by atoms with Gasteiger partial charge in [-0.15, -0.1) is 0 Å². The number of hydrogen-bond acceptors (Lipinski definition) is 3. The average Bonchev–Trinajstić information content (AvgIpc) is 3.04. The molecule has 1 N–H and O–H groups in total. The minimum atomic E-state index is -2.84. The average molecular weight is 269 g/mol. The molecule has 0 saturated heterocycles. The normalized spacial score (nSPS) is 10.9. The summed E-state index contributed by atoms with van der Waals surface area (Å²) < 4.78 is 27.2. The van der Waals surface area contributed by atoms with Gasteiger partial charge >= 0.3 is 6.55 Å². The fourth-order valence-corrected chi connectivity index (χ4v) is 1.59. The maximum Gasteiger partial charge on any atom is 0.333 e. The van der Waals surface area contributed by atoms with Crippen molar-refractivity contribution in [2.75, 3.05) is 0 Å². The van der Waals surface area contributed by atoms with Crippen LogP contribution in [0.4, 0.5) is 8.78 Å². The molecule has 2 aromatic rings. The fourth-order valence-electron chi connectivity index (χ4n) is 1.59. The van der Waals surface area contributed by atoms with Crippen LogP contribution in [0.5, 0.6) is 0 Å². The topological polar surface area (TPSA) is 64.7 Å². The number of amides is 1. The third kappa shape index (κ3) is 2.95. The molecule has 8 heteroatoms. The molecule has 0 unspecified atom stereocenters. The van der Waals surface area contributed by atoms with Gasteiger partial charge in [0, 0.05) is 18.9 Å². The number of hydrogen-bond donors (Lipinski definition) is 1. The molecule has 19 heavy (non-hydrogen) atoms. The van der Waals surface area contributed by atoms with E-state index in [1.54, 1.807) is 16.9 Å². The summed E-state index contributed by atoms with van der Waals surface area (Å²) in [5.74, 6) is -0.608. The molecule has 0 aliphatic carbocycles. The number of alkyl halides is 2. The number of rotatable bonds is 5. The fraction of sp³-hybridized carbons (Fsp3) is 0.364. The first-order valence-corrected chi connectivity index (χ1v) is 5.74. The SMILES string of the molecule is CCn1ccc(CNC(=O)c2ccnn2C(F)F)n1. The third-order valence-corrected chi connectivity index (χ3v) is 2.54. The quantitative estimate of drug-likeness (QED) is 0.893. The summed E-state index contributed by atoms with van der Waals surface area (Å²) in [6.07, 6.45) is 2.94. The van der Waals surface area contributed by atoms with Gasteiger partial charge in [-0.2, -0.15) is 23.7 Å². The van der Waals surface area contributed by atoms with E-state index in [1.165, 1.54) is 6.07 Å². The smallest absolute Gasteiger partial charge is 0.333 e. The van der Waals surface area contributed by atoms with Crippen molar-refractivity contribution in [3.8, 4) is 0 Å². The first-order valence-electron chi connectivity index (χ1n) is 5.74. The molecule has 2 rings (SSSR count). The zero-order valence-corrected chi connectivity index (χ0v) is 10.3. The standard InChI is InChI=1S/C11H13F2N5O/c1-2-17-6-4-8(16-17)7-14-10(19)9-3-5-15-18(9)11(12)13/h3-6,11H,2,7H2,1H3,(H,14,19). The summed E-state index contributed by atoms with van der Waals surface area (Å²) in [6, 6.07) is 3.00. The number of aryl methyl sites for hydroxylation is 1. The Morgan fingerprint density at radius 2 is 2.26 bits per heavy atom. The van der Waals surface area contributed by atoms with E-state index in [0.29, 0.717) is 10.4 Å². The molecule has 2 aromatic heterocycles. The summed E-state index contributed by atoms with van der Waals surface area (Å²) in [4.78, 5) is 11.7. The molecule has 0 aliphatic rings. The largest absolute Gasteiger partial charge is 0.345 e. The first kappa shape index (κ1) is 13.2. The van der Waals surface area contributed by atoms with Crippen LogP contribution in [0.2, 0.25) is 0 Å². The molecular weight excluding hydrogens is 256 g/mol. The molecule has 0 radical (unpaired) electrons. The summed E-state index contributed by atoms with van der Waals surface area (Å²) in [5.41, 5.74) is 0.489. The molecule has 2 heterocycles. The van der Waals surface area contributed by atoms with Gasteiger partial charge in [0.2, 0.25) is 0 Å². The van der Waals surface area contributed by atoms with Crippen molar-refractivity contribution >= 4 is 5.91 Å². The molecule has 102 valence electrons. The lowest BCUT2D eigenvalue weighted by Gasteiger charge is -2.06. The number of nitrogens with one attached hydrogen (secondary N) is 1. The van der Waals surface area contributed by atoms with Gasteiger partial charge in [0.1, 0.15) is 5.69 Å². The zero-order valence-electron chi connectivity index (χ0n) is 10.3. The van der Waals surface area contributed by atoms with Crippen LogP contribution in [0.1, 0.15) is 29.7 Å². The van der Waals surface area contributed by atoms with Crippen LogP contribution in [-0.4, -0.2) is 25.5 Å². The minimum absolute atomic E-state index is 0.176. The summed E-state index contributed by atoms with van der Waals surface area (Å²) in [6.45, 7) is 0.0122. The summed E-state index contributed by atoms with van der Waals surface area (Å²) in [7, 11) is 0. The van der Waals surface area contributed by atoms with Gasteiger partial charge in [-0.1, -0.05) is 0 Å². The van der Waals surface area contributed by atoms with E-state index in [9.17, 15) is 13.6 Å². The molecule has 0 atom stereocenters. The van der Waals surface area contributed by atoms with Crippen molar-refractivity contribution in [1.82, 2.24) is 24.9 Å². The highest BCUT2D eigenvalue weighted by Gasteiger charge is 2.17. The van der Waals surface area contributed by atoms with E-state index in [2.05, 4.69) is 15.5 Å². The lowest BCUT2D eigenvalue weighted by Crippen LogP contribution is -2.26. The molecule has 0 spiro atoms. The van der Waals surface area contributed by atoms with E-state index >= 15 is 0 Å². The van der Waals surface area contributed by atoms with Gasteiger partial charge in [0.05, 0.1) is 12.2 Å². The van der Waals surface area contributed by atoms with E-state index in [4.69, 9.17) is 0 Å². The van der Waals surface area contributed by atoms with Crippen LogP contribution >= 0.6 is 0 Å². The van der Waals surface area contributed by atoms with Gasteiger partial charge in [-0.25, -0.2) is 0 Å². The Hall–Kier alpha value is -2.25. The van der Waals surface area contributed by atoms with Crippen molar-refractivity contribution in [1.29, 1.82) is 0 Å². The van der Waals surface area contributed by atoms with Crippen LogP contribution < -0.4 is 5.32 Å². The van der Waals surface area contributed by atoms with Crippen LogP contribution in [0, 0.1) is 0 Å². The second-order valence-electron chi connectivity index (χ2n) is 3.78. The Labute approximate surface area is 108 Å². The van der Waals surface area contributed by atoms with Gasteiger partial charge in [-0.3, -0.25) is 9.48 Å². The zero-order chi connectivity index (χ0) is 13.8. The number of nitrogens with zero attached hydrogens (tertiary/aromatic N) is 4. The Morgan fingerprint density at radius 1 is 1.47 bits per heavy atom. The van der Waals surface area contributed by atoms with Crippen molar-refractivity contribution < 1.29 is 13.6 Å². The molecule has 0 fully saturated rings. The second-order valence-corrected chi connectivity index (χ2v) is 3.78. The van der Waals surface area contributed by atoms with Crippen LogP contribution in [0.3, 0.4) is 0 Å². The van der Waals surface area contributed by atoms with Gasteiger partial charge in [0.25, 0.3) is 5.91 Å². The lowest BCUT2D eigenvalue weighted by molar-refractivity contribution is 0.0509. The van der Waals surface area contributed by atoms with Gasteiger partial charge in [0.15, 0.2) is 0 Å². The van der Waals surface area contributed by atoms with E-state index < -0.39 is 12.5 Å². The highest BCUT2D eigenvalue weighted by molar-refractivity contribution is 5.92. The van der Waals surface area contributed by atoms with Crippen LogP contribution in [0.15, 0.2) is 24.5 Å². The van der Waals surface area contributed by atoms with Crippen molar-refractivity contribution in [3.05, 3.63) is 35.9 Å². The monoisotopic (exact) mass is 269 g/mol. The lowest BCUT2D eigenvalue weighted by atomic mass is 10.3. The van der Waals surface area contributed by atoms with Gasteiger partial charge in [-0.05, 0) is 19.1 Å². The molecule has 1 amide bonds. The summed E-state index contributed by atoms with van der Waals surface area (Å²) in [5, 5.41) is 10.1. The molecule has 0 aromatic carbocycles. The Balaban J connectivity index is 1.99. The van der Waals surface area contributed by atoms with Gasteiger partial charge < -0.3 is 5.32 Å². The van der Waals surface area contributed by atoms with Crippen LogP contribution in [0.25, 0.3) is 0 Å². The maximum absolute atomic E-state index is 12.5. The van der Waals surface area contributed by atoms with Crippen LogP contribution in [-0.2, 0) is 13.1 Å². The highest BCUT2D eigenvalue weighted by atomic mass is 19.3. The Morgan fingerprint density at radius 3 is 2.89 bits per heavy atom. The van der Waals surface area contributed by atoms with Crippen molar-refractivity contribution in [2.45, 2.75) is 26.6 Å². The maximum atomic E-state index is 12.5. The highest BCUT2D eigenvalue weighted by Crippen LogP contribution is 2.11. The van der Waals surface area contributed by atoms with E-state index in [1.807, 2.05) is 6.92 Å². The van der Waals surface area contributed by atoms with Crippen molar-refractivity contribution in [2.24, 2.45) is 0 Å². The predicted molar refractivity (Wildman–Crippen MR) is 62.6 cm³/mol. The molecular formula is C11H13F2N5O. The summed E-state index contributed by atoms with van der Waals surface area (Å²) >= 11 is 0. The molecule has 0 aliphatic heterocycles. The minimum Gasteiger partial charge on any atom is -0.345 e. The molecule has 6 nitrogen and oxygen atoms in total. The molecule has 0 saturated carbocycles. The Kier molecular flexibility index (Phi) is 3.88. The number of carbonyl (C=O) groups is 1. The number of aromatic nitrogens is 4. The number of carbonyl (C=O) groups excluding carboxylic acids is 1. The number of halogens is 2. The third-order valence-electron chi connectivity index (χ3n) is 2.54. The second kappa shape index (κ2) is 5.59. The first-order chi connectivity index (χ1) is 9.11.